The maximum atomic E-state index is 12.4. The van der Waals surface area contributed by atoms with E-state index in [-0.39, 0.29) is 5.91 Å². The minimum Gasteiger partial charge on any atom is -0.497 e. The molecule has 0 saturated carbocycles. The van der Waals surface area contributed by atoms with Crippen LogP contribution < -0.4 is 14.8 Å². The van der Waals surface area contributed by atoms with Crippen molar-refractivity contribution in [3.8, 4) is 11.5 Å². The second kappa shape index (κ2) is 13.8. The number of imidazole rings is 1. The Bertz CT molecular complexity index is 1360. The third kappa shape index (κ3) is 7.85. The Labute approximate surface area is 232 Å². The maximum absolute atomic E-state index is 12.4. The molecular formula is C33H41N3O3. The van der Waals surface area contributed by atoms with Gasteiger partial charge in [0, 0.05) is 19.5 Å². The van der Waals surface area contributed by atoms with Crippen molar-refractivity contribution < 1.29 is 14.3 Å². The van der Waals surface area contributed by atoms with Crippen LogP contribution in [-0.4, -0.2) is 35.7 Å². The normalized spacial score (nSPS) is 11.2. The number of amides is 1. The van der Waals surface area contributed by atoms with Crippen LogP contribution in [0.2, 0.25) is 0 Å². The second-order valence-electron chi connectivity index (χ2n) is 10.4. The quantitative estimate of drug-likeness (QED) is 0.187. The standard InChI is InChI=1S/C33H41N3O3/c1-24(2)28-18-13-25(3)22-31(28)39-21-8-7-20-36-30-11-6-5-10-29(30)35-32(36)12-9-19-34-33(37)23-26-14-16-27(38-4)17-15-26/h5-6,10-11,13-18,22,24H,7-9,12,19-21,23H2,1-4H3,(H,34,37). The first-order valence-corrected chi connectivity index (χ1v) is 14.0. The fraction of sp³-hybridized carbons (Fsp3) is 0.394. The average molecular weight is 528 g/mol. The predicted octanol–water partition coefficient (Wildman–Crippen LogP) is 6.63. The van der Waals surface area contributed by atoms with Gasteiger partial charge in [0.15, 0.2) is 0 Å². The molecule has 0 aliphatic carbocycles. The van der Waals surface area contributed by atoms with Gasteiger partial charge in [-0.3, -0.25) is 4.79 Å². The van der Waals surface area contributed by atoms with E-state index in [9.17, 15) is 4.79 Å². The summed E-state index contributed by atoms with van der Waals surface area (Å²) in [6.07, 6.45) is 4.00. The average Bonchev–Trinajstić information content (AvgIpc) is 3.28. The lowest BCUT2D eigenvalue weighted by Gasteiger charge is -2.15. The molecule has 1 heterocycles. The number of unbranched alkanes of at least 4 members (excludes halogenated alkanes) is 1. The first-order valence-electron chi connectivity index (χ1n) is 14.0. The number of hydrogen-bond acceptors (Lipinski definition) is 4. The molecule has 0 atom stereocenters. The summed E-state index contributed by atoms with van der Waals surface area (Å²) in [5, 5.41) is 3.05. The number of para-hydroxylation sites is 2. The molecule has 0 radical (unpaired) electrons. The molecule has 0 aliphatic rings. The van der Waals surface area contributed by atoms with Gasteiger partial charge in [0.2, 0.25) is 5.91 Å². The van der Waals surface area contributed by atoms with Crippen molar-refractivity contribution in [1.82, 2.24) is 14.9 Å². The van der Waals surface area contributed by atoms with Gasteiger partial charge in [0.1, 0.15) is 17.3 Å². The Kier molecular flexibility index (Phi) is 10.0. The summed E-state index contributed by atoms with van der Waals surface area (Å²) in [7, 11) is 1.64. The van der Waals surface area contributed by atoms with E-state index in [1.165, 1.54) is 11.1 Å². The molecule has 6 nitrogen and oxygen atoms in total. The fourth-order valence-electron chi connectivity index (χ4n) is 4.83. The summed E-state index contributed by atoms with van der Waals surface area (Å²) < 4.78 is 13.7. The molecule has 0 spiro atoms. The number of rotatable bonds is 14. The summed E-state index contributed by atoms with van der Waals surface area (Å²) in [4.78, 5) is 17.3. The molecule has 4 aromatic rings. The van der Waals surface area contributed by atoms with E-state index in [2.05, 4.69) is 67.1 Å². The van der Waals surface area contributed by atoms with Gasteiger partial charge in [-0.15, -0.1) is 0 Å². The van der Waals surface area contributed by atoms with E-state index in [0.717, 1.165) is 66.1 Å². The van der Waals surface area contributed by atoms with Crippen molar-refractivity contribution in [2.75, 3.05) is 20.3 Å². The van der Waals surface area contributed by atoms with Crippen LogP contribution in [0.1, 0.15) is 61.5 Å². The molecule has 6 heteroatoms. The highest BCUT2D eigenvalue weighted by Gasteiger charge is 2.12. The molecule has 0 saturated heterocycles. The lowest BCUT2D eigenvalue weighted by molar-refractivity contribution is -0.120. The van der Waals surface area contributed by atoms with Gasteiger partial charge in [-0.1, -0.05) is 50.2 Å². The molecule has 3 aromatic carbocycles. The molecule has 0 unspecified atom stereocenters. The summed E-state index contributed by atoms with van der Waals surface area (Å²) in [6, 6.07) is 22.4. The number of ether oxygens (including phenoxy) is 2. The fourth-order valence-corrected chi connectivity index (χ4v) is 4.83. The number of hydrogen-bond donors (Lipinski definition) is 1. The molecule has 1 aromatic heterocycles. The minimum atomic E-state index is 0.0305. The van der Waals surface area contributed by atoms with Gasteiger partial charge >= 0.3 is 0 Å². The Morgan fingerprint density at radius 2 is 1.79 bits per heavy atom. The van der Waals surface area contributed by atoms with E-state index in [1.54, 1.807) is 7.11 Å². The maximum Gasteiger partial charge on any atom is 0.224 e. The van der Waals surface area contributed by atoms with E-state index in [1.807, 2.05) is 30.3 Å². The van der Waals surface area contributed by atoms with Crippen LogP contribution in [0.3, 0.4) is 0 Å². The Morgan fingerprint density at radius 3 is 2.56 bits per heavy atom. The Hall–Kier alpha value is -3.80. The molecule has 39 heavy (non-hydrogen) atoms. The monoisotopic (exact) mass is 527 g/mol. The van der Waals surface area contributed by atoms with Crippen LogP contribution in [-0.2, 0) is 24.2 Å². The van der Waals surface area contributed by atoms with Crippen LogP contribution in [0, 0.1) is 6.92 Å². The lowest BCUT2D eigenvalue weighted by atomic mass is 10.0. The van der Waals surface area contributed by atoms with E-state index in [0.29, 0.717) is 25.5 Å². The third-order valence-electron chi connectivity index (χ3n) is 6.98. The van der Waals surface area contributed by atoms with Gasteiger partial charge in [-0.05, 0) is 79.1 Å². The molecular weight excluding hydrogens is 486 g/mol. The topological polar surface area (TPSA) is 65.4 Å². The van der Waals surface area contributed by atoms with Gasteiger partial charge in [0.05, 0.1) is 31.2 Å². The van der Waals surface area contributed by atoms with Crippen molar-refractivity contribution >= 4 is 16.9 Å². The number of benzene rings is 3. The number of methoxy groups -OCH3 is 1. The van der Waals surface area contributed by atoms with E-state index >= 15 is 0 Å². The summed E-state index contributed by atoms with van der Waals surface area (Å²) in [6.45, 7) is 8.74. The van der Waals surface area contributed by atoms with Crippen LogP contribution in [0.25, 0.3) is 11.0 Å². The highest BCUT2D eigenvalue weighted by Crippen LogP contribution is 2.27. The number of aromatic nitrogens is 2. The molecule has 1 amide bonds. The van der Waals surface area contributed by atoms with Gasteiger partial charge in [-0.2, -0.15) is 0 Å². The minimum absolute atomic E-state index is 0.0305. The largest absolute Gasteiger partial charge is 0.497 e. The number of carbonyl (C=O) groups excluding carboxylic acids is 1. The predicted molar refractivity (Wildman–Crippen MR) is 158 cm³/mol. The number of carbonyl (C=O) groups is 1. The van der Waals surface area contributed by atoms with Crippen molar-refractivity contribution in [2.45, 2.75) is 65.3 Å². The third-order valence-corrected chi connectivity index (χ3v) is 6.98. The lowest BCUT2D eigenvalue weighted by Crippen LogP contribution is -2.26. The van der Waals surface area contributed by atoms with Crippen molar-refractivity contribution in [3.05, 3.63) is 89.2 Å². The van der Waals surface area contributed by atoms with Crippen LogP contribution in [0.4, 0.5) is 0 Å². The number of aryl methyl sites for hydroxylation is 3. The zero-order valence-electron chi connectivity index (χ0n) is 23.7. The molecule has 4 rings (SSSR count). The Morgan fingerprint density at radius 1 is 1.00 bits per heavy atom. The first kappa shape index (κ1) is 28.2. The number of nitrogens with zero attached hydrogens (tertiary/aromatic N) is 2. The SMILES string of the molecule is COc1ccc(CC(=O)NCCCc2nc3ccccc3n2CCCCOc2cc(C)ccc2C(C)C)cc1. The zero-order chi connectivity index (χ0) is 27.6. The first-order chi connectivity index (χ1) is 18.9. The zero-order valence-corrected chi connectivity index (χ0v) is 23.7. The van der Waals surface area contributed by atoms with E-state index < -0.39 is 0 Å². The summed E-state index contributed by atoms with van der Waals surface area (Å²) >= 11 is 0. The number of fused-ring (bicyclic) bond motifs is 1. The van der Waals surface area contributed by atoms with Gasteiger partial charge in [0.25, 0.3) is 0 Å². The second-order valence-corrected chi connectivity index (χ2v) is 10.4. The highest BCUT2D eigenvalue weighted by atomic mass is 16.5. The highest BCUT2D eigenvalue weighted by molar-refractivity contribution is 5.78. The summed E-state index contributed by atoms with van der Waals surface area (Å²) in [5.74, 6) is 3.34. The van der Waals surface area contributed by atoms with Crippen molar-refractivity contribution in [2.24, 2.45) is 0 Å². The Balaban J connectivity index is 1.27. The molecule has 0 fully saturated rings. The van der Waals surface area contributed by atoms with Crippen molar-refractivity contribution in [1.29, 1.82) is 0 Å². The van der Waals surface area contributed by atoms with Crippen LogP contribution >= 0.6 is 0 Å². The molecule has 0 aliphatic heterocycles. The molecule has 0 bridgehead atoms. The van der Waals surface area contributed by atoms with E-state index in [4.69, 9.17) is 14.5 Å². The van der Waals surface area contributed by atoms with Crippen LogP contribution in [0.5, 0.6) is 11.5 Å². The smallest absolute Gasteiger partial charge is 0.224 e. The van der Waals surface area contributed by atoms with Crippen molar-refractivity contribution in [3.63, 3.8) is 0 Å². The summed E-state index contributed by atoms with van der Waals surface area (Å²) in [5.41, 5.74) is 5.65. The van der Waals surface area contributed by atoms with Crippen LogP contribution in [0.15, 0.2) is 66.7 Å². The molecule has 206 valence electrons. The van der Waals surface area contributed by atoms with Gasteiger partial charge in [-0.25, -0.2) is 4.98 Å². The van der Waals surface area contributed by atoms with Gasteiger partial charge < -0.3 is 19.4 Å². The number of nitrogens with one attached hydrogen (secondary N) is 1. The molecule has 1 N–H and O–H groups in total.